The Morgan fingerprint density at radius 3 is 2.56 bits per heavy atom. The zero-order chi connectivity index (χ0) is 22.9. The Morgan fingerprint density at radius 2 is 1.88 bits per heavy atom. The minimum Gasteiger partial charge on any atom is -0.319 e. The second-order valence-electron chi connectivity index (χ2n) is 7.54. The van der Waals surface area contributed by atoms with E-state index in [1.807, 2.05) is 43.3 Å². The van der Waals surface area contributed by atoms with E-state index < -0.39 is 17.8 Å². The molecular weight excluding hydrogens is 421 g/mol. The van der Waals surface area contributed by atoms with Crippen LogP contribution in [-0.2, 0) is 12.7 Å². The number of hydrogen-bond donors (Lipinski definition) is 2. The quantitative estimate of drug-likeness (QED) is 0.482. The van der Waals surface area contributed by atoms with Crippen molar-refractivity contribution in [3.63, 3.8) is 0 Å². The van der Waals surface area contributed by atoms with Crippen LogP contribution in [0.5, 0.6) is 0 Å². The largest absolute Gasteiger partial charge is 0.433 e. The number of alkyl halides is 3. The number of H-pyrrole nitrogens is 1. The summed E-state index contributed by atoms with van der Waals surface area (Å²) in [4.78, 5) is 22.4. The Morgan fingerprint density at radius 1 is 1.06 bits per heavy atom. The molecule has 0 unspecified atom stereocenters. The number of carbonyl (C=O) groups excluding carboxylic acids is 1. The third-order valence-electron chi connectivity index (χ3n) is 4.72. The highest BCUT2D eigenvalue weighted by Crippen LogP contribution is 2.29. The number of nitrogens with zero attached hydrogens (tertiary/aromatic N) is 4. The molecule has 10 heteroatoms. The van der Waals surface area contributed by atoms with Gasteiger partial charge in [-0.25, -0.2) is 4.98 Å². The van der Waals surface area contributed by atoms with E-state index in [0.29, 0.717) is 10.9 Å². The highest BCUT2D eigenvalue weighted by atomic mass is 19.4. The molecule has 1 aromatic carbocycles. The number of aromatic nitrogens is 4. The number of amides is 1. The molecule has 2 N–H and O–H groups in total. The molecule has 0 radical (unpaired) electrons. The van der Waals surface area contributed by atoms with E-state index in [1.165, 1.54) is 0 Å². The molecule has 4 rings (SSSR count). The molecule has 0 atom stereocenters. The fourth-order valence-electron chi connectivity index (χ4n) is 3.29. The molecule has 0 bridgehead atoms. The summed E-state index contributed by atoms with van der Waals surface area (Å²) >= 11 is 0. The predicted octanol–water partition coefficient (Wildman–Crippen LogP) is 4.35. The van der Waals surface area contributed by atoms with Gasteiger partial charge in [-0.1, -0.05) is 6.07 Å². The lowest BCUT2D eigenvalue weighted by molar-refractivity contribution is -0.141. The smallest absolute Gasteiger partial charge is 0.319 e. The third-order valence-corrected chi connectivity index (χ3v) is 4.72. The lowest BCUT2D eigenvalue weighted by Crippen LogP contribution is -2.14. The Labute approximate surface area is 181 Å². The van der Waals surface area contributed by atoms with Gasteiger partial charge in [-0.05, 0) is 55.6 Å². The lowest BCUT2D eigenvalue weighted by Gasteiger charge is -2.10. The number of carbonyl (C=O) groups is 1. The molecule has 0 fully saturated rings. The first-order valence-corrected chi connectivity index (χ1v) is 9.62. The summed E-state index contributed by atoms with van der Waals surface area (Å²) in [6.07, 6.45) is -0.0379. The van der Waals surface area contributed by atoms with E-state index in [0.717, 1.165) is 41.6 Å². The highest BCUT2D eigenvalue weighted by Gasteiger charge is 2.32. The number of benzene rings is 1. The van der Waals surface area contributed by atoms with Gasteiger partial charge in [-0.2, -0.15) is 18.3 Å². The minimum absolute atomic E-state index is 0.124. The molecule has 7 nitrogen and oxygen atoms in total. The molecule has 0 saturated heterocycles. The summed E-state index contributed by atoms with van der Waals surface area (Å²) in [5.41, 5.74) is 2.68. The van der Waals surface area contributed by atoms with E-state index in [-0.39, 0.29) is 11.4 Å². The van der Waals surface area contributed by atoms with Crippen molar-refractivity contribution in [1.29, 1.82) is 0 Å². The monoisotopic (exact) mass is 440 g/mol. The van der Waals surface area contributed by atoms with E-state index in [2.05, 4.69) is 25.5 Å². The number of aromatic amines is 1. The van der Waals surface area contributed by atoms with Crippen LogP contribution >= 0.6 is 0 Å². The van der Waals surface area contributed by atoms with Crippen molar-refractivity contribution in [3.8, 4) is 11.1 Å². The summed E-state index contributed by atoms with van der Waals surface area (Å²) in [6.45, 7) is 0.740. The van der Waals surface area contributed by atoms with Gasteiger partial charge in [0, 0.05) is 29.9 Å². The maximum atomic E-state index is 12.7. The number of pyridine rings is 2. The summed E-state index contributed by atoms with van der Waals surface area (Å²) in [6, 6.07) is 9.53. The molecule has 0 aliphatic carbocycles. The van der Waals surface area contributed by atoms with Gasteiger partial charge < -0.3 is 10.2 Å². The molecule has 32 heavy (non-hydrogen) atoms. The molecule has 0 aliphatic rings. The van der Waals surface area contributed by atoms with Gasteiger partial charge >= 0.3 is 6.18 Å². The maximum absolute atomic E-state index is 12.7. The van der Waals surface area contributed by atoms with Crippen LogP contribution in [0.3, 0.4) is 0 Å². The number of nitrogens with one attached hydrogen (secondary N) is 2. The van der Waals surface area contributed by atoms with Gasteiger partial charge in [0.2, 0.25) is 0 Å². The number of fused-ring (bicyclic) bond motifs is 1. The molecule has 4 aromatic rings. The first-order valence-electron chi connectivity index (χ1n) is 9.62. The van der Waals surface area contributed by atoms with Gasteiger partial charge in [0.25, 0.3) is 5.91 Å². The lowest BCUT2D eigenvalue weighted by atomic mass is 10.0. The average molecular weight is 440 g/mol. The number of anilines is 1. The van der Waals surface area contributed by atoms with Crippen LogP contribution in [0.2, 0.25) is 0 Å². The molecule has 1 amide bonds. The molecule has 0 aliphatic heterocycles. The summed E-state index contributed by atoms with van der Waals surface area (Å²) < 4.78 is 38.0. The van der Waals surface area contributed by atoms with Crippen LogP contribution in [0.1, 0.15) is 21.7 Å². The Hall–Kier alpha value is -3.79. The Bertz CT molecular complexity index is 1260. The van der Waals surface area contributed by atoms with Crippen molar-refractivity contribution in [2.45, 2.75) is 12.7 Å². The van der Waals surface area contributed by atoms with Crippen LogP contribution in [0, 0.1) is 0 Å². The van der Waals surface area contributed by atoms with Gasteiger partial charge in [0.15, 0.2) is 5.69 Å². The molecule has 0 spiro atoms. The van der Waals surface area contributed by atoms with E-state index >= 15 is 0 Å². The topological polar surface area (TPSA) is 86.8 Å². The average Bonchev–Trinajstić information content (AvgIpc) is 3.16. The molecule has 164 valence electrons. The minimum atomic E-state index is -4.55. The van der Waals surface area contributed by atoms with Crippen molar-refractivity contribution < 1.29 is 18.0 Å². The van der Waals surface area contributed by atoms with Gasteiger partial charge in [-0.3, -0.25) is 14.9 Å². The van der Waals surface area contributed by atoms with Crippen molar-refractivity contribution in [2.24, 2.45) is 0 Å². The standard InChI is InChI=1S/C22H19F3N6O/c1-31(2)12-13-7-15(10-26-9-13)14-3-5-18-17(8-14)20(30-29-18)21(32)28-16-4-6-19(27-11-16)22(23,24)25/h3-11H,12H2,1-2H3,(H,28,32)(H,29,30). The van der Waals surface area contributed by atoms with Gasteiger partial charge in [-0.15, -0.1) is 0 Å². The highest BCUT2D eigenvalue weighted by molar-refractivity contribution is 6.11. The van der Waals surface area contributed by atoms with Crippen molar-refractivity contribution >= 4 is 22.5 Å². The zero-order valence-electron chi connectivity index (χ0n) is 17.2. The van der Waals surface area contributed by atoms with Crippen molar-refractivity contribution in [2.75, 3.05) is 19.4 Å². The van der Waals surface area contributed by atoms with Crippen LogP contribution in [-0.4, -0.2) is 45.1 Å². The first-order chi connectivity index (χ1) is 15.2. The van der Waals surface area contributed by atoms with Crippen LogP contribution in [0.15, 0.2) is 55.0 Å². The predicted molar refractivity (Wildman–Crippen MR) is 114 cm³/mol. The SMILES string of the molecule is CN(C)Cc1cncc(-c2ccc3[nH]nc(C(=O)Nc4ccc(C(F)(F)F)nc4)c3c2)c1. The van der Waals surface area contributed by atoms with Crippen molar-refractivity contribution in [3.05, 3.63) is 71.9 Å². The molecule has 3 heterocycles. The third kappa shape index (κ3) is 4.59. The number of rotatable bonds is 5. The fourth-order valence-corrected chi connectivity index (χ4v) is 3.29. The fraction of sp³-hybridized carbons (Fsp3) is 0.182. The van der Waals surface area contributed by atoms with Crippen LogP contribution < -0.4 is 5.32 Å². The van der Waals surface area contributed by atoms with E-state index in [1.54, 1.807) is 12.4 Å². The second kappa shape index (κ2) is 8.39. The molecule has 3 aromatic heterocycles. The molecular formula is C22H19F3N6O. The summed E-state index contributed by atoms with van der Waals surface area (Å²) in [5.74, 6) is -0.561. The maximum Gasteiger partial charge on any atom is 0.433 e. The van der Waals surface area contributed by atoms with Gasteiger partial charge in [0.05, 0.1) is 17.4 Å². The summed E-state index contributed by atoms with van der Waals surface area (Å²) in [5, 5.41) is 10.00. The first kappa shape index (κ1) is 21.4. The second-order valence-corrected chi connectivity index (χ2v) is 7.54. The van der Waals surface area contributed by atoms with Gasteiger partial charge in [0.1, 0.15) is 5.69 Å². The molecule has 0 saturated carbocycles. The Kier molecular flexibility index (Phi) is 5.62. The van der Waals surface area contributed by atoms with Crippen molar-refractivity contribution in [1.82, 2.24) is 25.1 Å². The van der Waals surface area contributed by atoms with E-state index in [9.17, 15) is 18.0 Å². The zero-order valence-corrected chi connectivity index (χ0v) is 17.2. The Balaban J connectivity index is 1.61. The van der Waals surface area contributed by atoms with Crippen LogP contribution in [0.25, 0.3) is 22.0 Å². The summed E-state index contributed by atoms with van der Waals surface area (Å²) in [7, 11) is 3.95. The van der Waals surface area contributed by atoms with E-state index in [4.69, 9.17) is 0 Å². The number of halogens is 3. The van der Waals surface area contributed by atoms with Crippen LogP contribution in [0.4, 0.5) is 18.9 Å². The number of hydrogen-bond acceptors (Lipinski definition) is 5. The normalized spacial score (nSPS) is 11.8.